The molecular weight excluding hydrogens is 600 g/mol. The Morgan fingerprint density at radius 3 is 0.936 bits per heavy atom. The molecule has 0 aliphatic rings. The van der Waals surface area contributed by atoms with E-state index in [2.05, 4.69) is 50.7 Å². The fraction of sp³-hybridized carbons (Fsp3) is 0.829. The summed E-state index contributed by atoms with van der Waals surface area (Å²) >= 11 is 0. The fourth-order valence-electron chi connectivity index (χ4n) is 4.75. The summed E-state index contributed by atoms with van der Waals surface area (Å²) in [5.74, 6) is 0.457. The second-order valence-electron chi connectivity index (χ2n) is 12.2. The zero-order chi connectivity index (χ0) is 35.5. The van der Waals surface area contributed by atoms with E-state index in [0.29, 0.717) is 45.2 Å². The SMILES string of the molecule is CC(CCN=C=O)CC(C)(C)CN=C=O.O=C=NCCCCCCCCCCCCN=C=O.O=C=NCCCCCCCCN=C=O. The number of carbonyl (C=O) groups excluding carboxylic acids is 6. The van der Waals surface area contributed by atoms with E-state index in [1.54, 1.807) is 18.2 Å². The van der Waals surface area contributed by atoms with Crippen molar-refractivity contribution in [3.63, 3.8) is 0 Å². The minimum absolute atomic E-state index is 0.00171. The average Bonchev–Trinajstić information content (AvgIpc) is 3.05. The van der Waals surface area contributed by atoms with Gasteiger partial charge in [-0.1, -0.05) is 97.8 Å². The summed E-state index contributed by atoms with van der Waals surface area (Å²) in [6.07, 6.45) is 29.4. The van der Waals surface area contributed by atoms with Gasteiger partial charge in [-0.3, -0.25) is 0 Å². The highest BCUT2D eigenvalue weighted by Gasteiger charge is 2.20. The fourth-order valence-corrected chi connectivity index (χ4v) is 4.75. The summed E-state index contributed by atoms with van der Waals surface area (Å²) in [5, 5.41) is 0. The first kappa shape index (κ1) is 47.7. The zero-order valence-electron chi connectivity index (χ0n) is 29.2. The van der Waals surface area contributed by atoms with Crippen LogP contribution in [0.5, 0.6) is 0 Å². The van der Waals surface area contributed by atoms with Crippen LogP contribution in [-0.4, -0.2) is 75.7 Å². The van der Waals surface area contributed by atoms with Crippen LogP contribution in [0.1, 0.15) is 136 Å². The molecule has 1 atom stereocenters. The molecule has 0 heterocycles. The lowest BCUT2D eigenvalue weighted by molar-refractivity contribution is 0.280. The molecule has 0 bridgehead atoms. The third-order valence-electron chi connectivity index (χ3n) is 7.11. The van der Waals surface area contributed by atoms with Crippen molar-refractivity contribution >= 4 is 36.5 Å². The number of hydrogen-bond donors (Lipinski definition) is 0. The van der Waals surface area contributed by atoms with Crippen LogP contribution < -0.4 is 0 Å². The number of rotatable bonds is 29. The standard InChI is InChI=1S/C14H24N2O2.C11H18N2O2.C10H16N2O2/c17-13-15-11-9-7-5-3-1-2-4-6-8-10-12-16-14-18;1-10(4-5-12-8-14)6-11(2,3)7-13-9-15;13-9-11-7-5-3-1-2-4-6-8-12-10-14/h1-12H2;10H,4-7H2,1-3H3;1-8H2. The summed E-state index contributed by atoms with van der Waals surface area (Å²) in [5.41, 5.74) is 0.00171. The van der Waals surface area contributed by atoms with Crippen molar-refractivity contribution in [1.82, 2.24) is 0 Å². The van der Waals surface area contributed by atoms with E-state index in [4.69, 9.17) is 0 Å². The lowest BCUT2D eigenvalue weighted by Gasteiger charge is -2.25. The van der Waals surface area contributed by atoms with Gasteiger partial charge in [-0.2, -0.15) is 0 Å². The van der Waals surface area contributed by atoms with Crippen LogP contribution in [0.4, 0.5) is 0 Å². The molecule has 0 saturated heterocycles. The van der Waals surface area contributed by atoms with Crippen LogP contribution in [0, 0.1) is 11.3 Å². The summed E-state index contributed by atoms with van der Waals surface area (Å²) in [7, 11) is 0. The maximum absolute atomic E-state index is 10.00. The van der Waals surface area contributed by atoms with Crippen LogP contribution in [0.2, 0.25) is 0 Å². The Bertz CT molecular complexity index is 962. The van der Waals surface area contributed by atoms with Gasteiger partial charge >= 0.3 is 0 Å². The van der Waals surface area contributed by atoms with Crippen molar-refractivity contribution in [2.75, 3.05) is 39.3 Å². The minimum Gasteiger partial charge on any atom is -0.211 e. The first-order valence-corrected chi connectivity index (χ1v) is 17.1. The normalized spacial score (nSPS) is 10.3. The number of aliphatic imine (C=N–C) groups is 6. The molecule has 47 heavy (non-hydrogen) atoms. The van der Waals surface area contributed by atoms with E-state index < -0.39 is 0 Å². The van der Waals surface area contributed by atoms with Gasteiger partial charge in [-0.15, -0.1) is 0 Å². The van der Waals surface area contributed by atoms with Crippen molar-refractivity contribution in [2.45, 2.75) is 136 Å². The van der Waals surface area contributed by atoms with Crippen LogP contribution in [0.25, 0.3) is 0 Å². The van der Waals surface area contributed by atoms with E-state index in [0.717, 1.165) is 77.0 Å². The van der Waals surface area contributed by atoms with Gasteiger partial charge in [0.15, 0.2) is 0 Å². The number of unbranched alkanes of at least 4 members (excludes halogenated alkanes) is 14. The molecule has 0 aromatic rings. The van der Waals surface area contributed by atoms with E-state index in [9.17, 15) is 28.8 Å². The first-order valence-electron chi connectivity index (χ1n) is 17.1. The molecule has 0 radical (unpaired) electrons. The molecule has 12 heteroatoms. The van der Waals surface area contributed by atoms with Gasteiger partial charge in [-0.25, -0.2) is 58.7 Å². The quantitative estimate of drug-likeness (QED) is 0.0452. The first-order chi connectivity index (χ1) is 22.8. The van der Waals surface area contributed by atoms with Gasteiger partial charge < -0.3 is 0 Å². The molecule has 12 nitrogen and oxygen atoms in total. The molecule has 0 aromatic heterocycles. The van der Waals surface area contributed by atoms with Crippen molar-refractivity contribution in [3.8, 4) is 0 Å². The Morgan fingerprint density at radius 1 is 0.404 bits per heavy atom. The van der Waals surface area contributed by atoms with Crippen molar-refractivity contribution in [2.24, 2.45) is 41.3 Å². The maximum Gasteiger partial charge on any atom is 0.234 e. The second-order valence-corrected chi connectivity index (χ2v) is 12.2. The van der Waals surface area contributed by atoms with Crippen LogP contribution >= 0.6 is 0 Å². The number of nitrogens with zero attached hydrogens (tertiary/aromatic N) is 6. The molecule has 0 N–H and O–H groups in total. The maximum atomic E-state index is 10.00. The second kappa shape index (κ2) is 42.3. The predicted octanol–water partition coefficient (Wildman–Crippen LogP) is 7.66. The third kappa shape index (κ3) is 49.4. The van der Waals surface area contributed by atoms with Gasteiger partial charge in [0.25, 0.3) is 0 Å². The van der Waals surface area contributed by atoms with E-state index >= 15 is 0 Å². The van der Waals surface area contributed by atoms with Gasteiger partial charge in [0.05, 0.1) is 39.3 Å². The van der Waals surface area contributed by atoms with Gasteiger partial charge in [0.1, 0.15) is 0 Å². The van der Waals surface area contributed by atoms with Crippen LogP contribution in [-0.2, 0) is 28.8 Å². The molecule has 0 aliphatic heterocycles. The highest BCUT2D eigenvalue weighted by molar-refractivity contribution is 5.34. The lowest BCUT2D eigenvalue weighted by atomic mass is 9.82. The van der Waals surface area contributed by atoms with Gasteiger partial charge in [0, 0.05) is 0 Å². The third-order valence-corrected chi connectivity index (χ3v) is 7.11. The lowest BCUT2D eigenvalue weighted by Crippen LogP contribution is -2.19. The summed E-state index contributed by atoms with van der Waals surface area (Å²) in [4.78, 5) is 80.0. The number of hydrogen-bond acceptors (Lipinski definition) is 12. The summed E-state index contributed by atoms with van der Waals surface area (Å²) in [6.45, 7) is 9.71. The molecule has 1 unspecified atom stereocenters. The van der Waals surface area contributed by atoms with Gasteiger partial charge in [-0.05, 0) is 49.9 Å². The van der Waals surface area contributed by atoms with Crippen LogP contribution in [0.3, 0.4) is 0 Å². The van der Waals surface area contributed by atoms with E-state index in [-0.39, 0.29) is 5.41 Å². The summed E-state index contributed by atoms with van der Waals surface area (Å²) in [6, 6.07) is 0. The van der Waals surface area contributed by atoms with Crippen molar-refractivity contribution in [1.29, 1.82) is 0 Å². The Hall–Kier alpha value is -3.72. The van der Waals surface area contributed by atoms with Crippen LogP contribution in [0.15, 0.2) is 30.0 Å². The predicted molar refractivity (Wildman–Crippen MR) is 184 cm³/mol. The zero-order valence-corrected chi connectivity index (χ0v) is 29.2. The number of isocyanates is 6. The van der Waals surface area contributed by atoms with Crippen molar-refractivity contribution < 1.29 is 28.8 Å². The summed E-state index contributed by atoms with van der Waals surface area (Å²) < 4.78 is 0. The molecule has 0 amide bonds. The topological polar surface area (TPSA) is 177 Å². The highest BCUT2D eigenvalue weighted by Crippen LogP contribution is 2.27. The van der Waals surface area contributed by atoms with Gasteiger partial charge in [0.2, 0.25) is 36.5 Å². The Labute approximate surface area is 282 Å². The molecule has 0 rings (SSSR count). The molecule has 0 aliphatic carbocycles. The largest absolute Gasteiger partial charge is 0.234 e. The Morgan fingerprint density at radius 2 is 0.660 bits per heavy atom. The highest BCUT2D eigenvalue weighted by atomic mass is 16.1. The molecule has 0 spiro atoms. The van der Waals surface area contributed by atoms with Crippen molar-refractivity contribution in [3.05, 3.63) is 0 Å². The monoisotopic (exact) mass is 658 g/mol. The Kier molecular flexibility index (Phi) is 42.9. The molecular formula is C35H58N6O6. The Balaban J connectivity index is -0.000000624. The van der Waals surface area contributed by atoms with E-state index in [1.165, 1.54) is 56.8 Å². The molecule has 0 saturated carbocycles. The molecule has 0 fully saturated rings. The minimum atomic E-state index is 0.00171. The molecule has 264 valence electrons. The molecule has 0 aromatic carbocycles. The average molecular weight is 659 g/mol. The van der Waals surface area contributed by atoms with E-state index in [1.807, 2.05) is 0 Å². The smallest absolute Gasteiger partial charge is 0.211 e.